The number of carbonyl (C=O) groups excluding carboxylic acids is 1. The topological polar surface area (TPSA) is 75.9 Å². The molecule has 1 amide bonds. The third-order valence-corrected chi connectivity index (χ3v) is 6.16. The Morgan fingerprint density at radius 1 is 1.00 bits per heavy atom. The molecule has 3 aromatic heterocycles. The van der Waals surface area contributed by atoms with Crippen LogP contribution in [0.2, 0.25) is 5.02 Å². The summed E-state index contributed by atoms with van der Waals surface area (Å²) in [5, 5.41) is 9.16. The number of nitrogens with one attached hydrogen (secondary N) is 1. The molecule has 1 aromatic carbocycles. The van der Waals surface area contributed by atoms with Crippen LogP contribution in [0.5, 0.6) is 0 Å². The molecule has 0 aliphatic carbocycles. The van der Waals surface area contributed by atoms with E-state index in [-0.39, 0.29) is 5.91 Å². The lowest BCUT2D eigenvalue weighted by Gasteiger charge is -2.21. The predicted octanol–water partition coefficient (Wildman–Crippen LogP) is 5.16. The van der Waals surface area contributed by atoms with E-state index in [0.717, 1.165) is 35.5 Å². The smallest absolute Gasteiger partial charge is 0.258 e. The number of anilines is 2. The minimum Gasteiger partial charge on any atom is -0.357 e. The van der Waals surface area contributed by atoms with Gasteiger partial charge in [-0.1, -0.05) is 36.6 Å². The van der Waals surface area contributed by atoms with Crippen molar-refractivity contribution in [1.82, 2.24) is 19.7 Å². The van der Waals surface area contributed by atoms with Crippen LogP contribution in [0.15, 0.2) is 60.9 Å². The van der Waals surface area contributed by atoms with Crippen molar-refractivity contribution in [2.45, 2.75) is 32.2 Å². The van der Waals surface area contributed by atoms with Crippen molar-refractivity contribution in [3.63, 3.8) is 0 Å². The summed E-state index contributed by atoms with van der Waals surface area (Å²) in [5.41, 5.74) is 2.27. The summed E-state index contributed by atoms with van der Waals surface area (Å²) in [6.45, 7) is 2.54. The third kappa shape index (κ3) is 4.83. The SMILES string of the molecule is O=C(Nc1nn(Cc2ccc(Cl)cc2)c2nc(N3CCCCCC3)ccc12)c1cccnc1. The van der Waals surface area contributed by atoms with E-state index in [9.17, 15) is 4.79 Å². The molecule has 4 aromatic rings. The highest BCUT2D eigenvalue weighted by Crippen LogP contribution is 2.27. The van der Waals surface area contributed by atoms with Crippen LogP contribution in [0.25, 0.3) is 11.0 Å². The molecule has 1 N–H and O–H groups in total. The van der Waals surface area contributed by atoms with Gasteiger partial charge in [0.05, 0.1) is 17.5 Å². The number of hydrogen-bond donors (Lipinski definition) is 1. The van der Waals surface area contributed by atoms with Crippen molar-refractivity contribution in [1.29, 1.82) is 0 Å². The van der Waals surface area contributed by atoms with E-state index >= 15 is 0 Å². The molecule has 5 rings (SSSR count). The Bertz CT molecular complexity index is 1250. The normalized spacial score (nSPS) is 14.3. The maximum atomic E-state index is 12.8. The van der Waals surface area contributed by atoms with Crippen molar-refractivity contribution in [2.75, 3.05) is 23.3 Å². The maximum Gasteiger partial charge on any atom is 0.258 e. The van der Waals surface area contributed by atoms with E-state index in [4.69, 9.17) is 21.7 Å². The quantitative estimate of drug-likeness (QED) is 0.445. The molecule has 1 aliphatic rings. The van der Waals surface area contributed by atoms with E-state index in [1.165, 1.54) is 31.9 Å². The molecule has 1 fully saturated rings. The zero-order valence-electron chi connectivity index (χ0n) is 18.2. The van der Waals surface area contributed by atoms with Gasteiger partial charge in [0.2, 0.25) is 0 Å². The standard InChI is InChI=1S/C25H25ClN6O/c26-20-9-7-18(8-10-20)17-32-24-21(11-12-22(28-24)31-14-3-1-2-4-15-31)23(30-32)29-25(33)19-6-5-13-27-16-19/h5-13,16H,1-4,14-15,17H2,(H,29,30,33). The van der Waals surface area contributed by atoms with Gasteiger partial charge in [0.1, 0.15) is 5.82 Å². The number of rotatable bonds is 5. The first-order valence-electron chi connectivity index (χ1n) is 11.3. The summed E-state index contributed by atoms with van der Waals surface area (Å²) >= 11 is 6.06. The van der Waals surface area contributed by atoms with Gasteiger partial charge in [-0.2, -0.15) is 5.10 Å². The van der Waals surface area contributed by atoms with Gasteiger partial charge in [-0.05, 0) is 54.8 Å². The highest BCUT2D eigenvalue weighted by atomic mass is 35.5. The largest absolute Gasteiger partial charge is 0.357 e. The van der Waals surface area contributed by atoms with Gasteiger partial charge < -0.3 is 10.2 Å². The second-order valence-corrected chi connectivity index (χ2v) is 8.71. The third-order valence-electron chi connectivity index (χ3n) is 5.91. The molecule has 7 nitrogen and oxygen atoms in total. The fraction of sp³-hybridized carbons (Fsp3) is 0.280. The molecule has 4 heterocycles. The van der Waals surface area contributed by atoms with Gasteiger partial charge in [-0.3, -0.25) is 9.78 Å². The highest BCUT2D eigenvalue weighted by molar-refractivity contribution is 6.30. The fourth-order valence-electron chi connectivity index (χ4n) is 4.16. The molecule has 0 bridgehead atoms. The number of hydrogen-bond acceptors (Lipinski definition) is 5. The minimum atomic E-state index is -0.252. The van der Waals surface area contributed by atoms with E-state index in [1.54, 1.807) is 18.3 Å². The zero-order valence-corrected chi connectivity index (χ0v) is 19.0. The second kappa shape index (κ2) is 9.58. The first-order valence-corrected chi connectivity index (χ1v) is 11.6. The number of nitrogens with zero attached hydrogens (tertiary/aromatic N) is 5. The van der Waals surface area contributed by atoms with Crippen LogP contribution in [-0.4, -0.2) is 38.7 Å². The molecule has 1 saturated heterocycles. The van der Waals surface area contributed by atoms with Crippen molar-refractivity contribution in [2.24, 2.45) is 0 Å². The van der Waals surface area contributed by atoms with Gasteiger partial charge in [-0.25, -0.2) is 9.67 Å². The summed E-state index contributed by atoms with van der Waals surface area (Å²) in [6.07, 6.45) is 8.06. The van der Waals surface area contributed by atoms with Crippen LogP contribution in [0.3, 0.4) is 0 Å². The summed E-state index contributed by atoms with van der Waals surface area (Å²) in [6, 6.07) is 15.2. The maximum absolute atomic E-state index is 12.8. The molecule has 0 spiro atoms. The molecule has 0 saturated carbocycles. The fourth-order valence-corrected chi connectivity index (χ4v) is 4.29. The monoisotopic (exact) mass is 460 g/mol. The Hall–Kier alpha value is -3.45. The molecule has 0 radical (unpaired) electrons. The Morgan fingerprint density at radius 2 is 1.79 bits per heavy atom. The summed E-state index contributed by atoms with van der Waals surface area (Å²) in [5.74, 6) is 1.19. The van der Waals surface area contributed by atoms with Gasteiger partial charge in [-0.15, -0.1) is 0 Å². The second-order valence-electron chi connectivity index (χ2n) is 8.27. The average Bonchev–Trinajstić information content (AvgIpc) is 3.01. The van der Waals surface area contributed by atoms with Crippen LogP contribution in [-0.2, 0) is 6.54 Å². The lowest BCUT2D eigenvalue weighted by molar-refractivity contribution is 0.102. The average molecular weight is 461 g/mol. The summed E-state index contributed by atoms with van der Waals surface area (Å²) in [4.78, 5) is 24.1. The van der Waals surface area contributed by atoms with Gasteiger partial charge in [0.15, 0.2) is 11.5 Å². The van der Waals surface area contributed by atoms with Gasteiger partial charge >= 0.3 is 0 Å². The van der Waals surface area contributed by atoms with Crippen molar-refractivity contribution < 1.29 is 4.79 Å². The van der Waals surface area contributed by atoms with Crippen LogP contribution in [0.1, 0.15) is 41.6 Å². The molecular formula is C25H25ClN6O. The minimum absolute atomic E-state index is 0.252. The highest BCUT2D eigenvalue weighted by Gasteiger charge is 2.18. The lowest BCUT2D eigenvalue weighted by Crippen LogP contribution is -2.24. The number of carbonyl (C=O) groups is 1. The Labute approximate surface area is 197 Å². The molecule has 8 heteroatoms. The van der Waals surface area contributed by atoms with Crippen molar-refractivity contribution in [3.05, 3.63) is 77.1 Å². The summed E-state index contributed by atoms with van der Waals surface area (Å²) < 4.78 is 1.85. The number of aromatic nitrogens is 4. The number of pyridine rings is 2. The number of amides is 1. The number of fused-ring (bicyclic) bond motifs is 1. The molecule has 33 heavy (non-hydrogen) atoms. The van der Waals surface area contributed by atoms with Crippen LogP contribution in [0.4, 0.5) is 11.6 Å². The van der Waals surface area contributed by atoms with Crippen LogP contribution < -0.4 is 10.2 Å². The molecular weight excluding hydrogens is 436 g/mol. The van der Waals surface area contributed by atoms with E-state index in [2.05, 4.69) is 15.2 Å². The van der Waals surface area contributed by atoms with Gasteiger partial charge in [0.25, 0.3) is 5.91 Å². The van der Waals surface area contributed by atoms with E-state index < -0.39 is 0 Å². The molecule has 168 valence electrons. The predicted molar refractivity (Wildman–Crippen MR) is 131 cm³/mol. The first kappa shape index (κ1) is 21.4. The van der Waals surface area contributed by atoms with Crippen LogP contribution >= 0.6 is 11.6 Å². The van der Waals surface area contributed by atoms with Gasteiger partial charge in [0, 0.05) is 30.5 Å². The molecule has 1 aliphatic heterocycles. The van der Waals surface area contributed by atoms with E-state index in [0.29, 0.717) is 22.9 Å². The zero-order chi connectivity index (χ0) is 22.6. The number of halogens is 1. The lowest BCUT2D eigenvalue weighted by atomic mass is 10.2. The Balaban J connectivity index is 1.52. The summed E-state index contributed by atoms with van der Waals surface area (Å²) in [7, 11) is 0. The first-order chi connectivity index (χ1) is 16.2. The molecule has 0 atom stereocenters. The van der Waals surface area contributed by atoms with Crippen molar-refractivity contribution in [3.8, 4) is 0 Å². The molecule has 0 unspecified atom stereocenters. The van der Waals surface area contributed by atoms with E-state index in [1.807, 2.05) is 41.1 Å². The Morgan fingerprint density at radius 3 is 2.52 bits per heavy atom. The number of benzene rings is 1. The van der Waals surface area contributed by atoms with Crippen LogP contribution in [0, 0.1) is 0 Å². The van der Waals surface area contributed by atoms with Crippen molar-refractivity contribution >= 4 is 40.2 Å². The Kier molecular flexibility index (Phi) is 6.21.